The molecule has 1 aliphatic heterocycles. The van der Waals surface area contributed by atoms with Crippen LogP contribution in [0.3, 0.4) is 0 Å². The number of halogens is 1. The van der Waals surface area contributed by atoms with Gasteiger partial charge in [-0.25, -0.2) is 0 Å². The summed E-state index contributed by atoms with van der Waals surface area (Å²) in [4.78, 5) is 12.2. The van der Waals surface area contributed by atoms with Crippen LogP contribution in [0.1, 0.15) is 23.2 Å². The maximum atomic E-state index is 12.2. The molecule has 0 aromatic heterocycles. The molecule has 0 saturated carbocycles. The van der Waals surface area contributed by atoms with Crippen molar-refractivity contribution in [2.45, 2.75) is 12.8 Å². The van der Waals surface area contributed by atoms with Crippen molar-refractivity contribution in [1.82, 2.24) is 0 Å². The lowest BCUT2D eigenvalue weighted by Crippen LogP contribution is -2.29. The maximum Gasteiger partial charge on any atom is 0.175 e. The monoisotopic (exact) mass is 254 g/mol. The molecule has 1 saturated heterocycles. The van der Waals surface area contributed by atoms with Crippen molar-refractivity contribution in [1.29, 1.82) is 0 Å². The summed E-state index contributed by atoms with van der Waals surface area (Å²) in [6.07, 6.45) is 1.61. The number of thiocarbonyl (C=S) groups is 1. The van der Waals surface area contributed by atoms with Crippen LogP contribution in [0.4, 0.5) is 0 Å². The number of rotatable bonds is 2. The van der Waals surface area contributed by atoms with Gasteiger partial charge < -0.3 is 4.74 Å². The van der Waals surface area contributed by atoms with Crippen molar-refractivity contribution >= 4 is 34.7 Å². The van der Waals surface area contributed by atoms with Crippen molar-refractivity contribution in [2.24, 2.45) is 5.92 Å². The van der Waals surface area contributed by atoms with Gasteiger partial charge in [-0.3, -0.25) is 4.79 Å². The van der Waals surface area contributed by atoms with Gasteiger partial charge in [-0.05, 0) is 37.2 Å². The molecule has 1 aromatic carbocycles. The fourth-order valence-corrected chi connectivity index (χ4v) is 2.30. The third-order valence-electron chi connectivity index (χ3n) is 2.62. The van der Waals surface area contributed by atoms with Crippen molar-refractivity contribution in [2.75, 3.05) is 6.61 Å². The molecular formula is C12H11ClO2S. The Labute approximate surface area is 105 Å². The third kappa shape index (κ3) is 2.25. The van der Waals surface area contributed by atoms with Gasteiger partial charge in [-0.15, -0.1) is 0 Å². The van der Waals surface area contributed by atoms with Gasteiger partial charge >= 0.3 is 0 Å². The van der Waals surface area contributed by atoms with E-state index in [1.54, 1.807) is 24.3 Å². The van der Waals surface area contributed by atoms with Crippen molar-refractivity contribution < 1.29 is 9.53 Å². The Balaban J connectivity index is 2.25. The minimum Gasteiger partial charge on any atom is -0.486 e. The predicted molar refractivity (Wildman–Crippen MR) is 67.1 cm³/mol. The zero-order valence-electron chi connectivity index (χ0n) is 8.61. The summed E-state index contributed by atoms with van der Waals surface area (Å²) in [5, 5.41) is 0.872. The number of hydrogen-bond donors (Lipinski definition) is 0. The zero-order valence-corrected chi connectivity index (χ0v) is 10.2. The predicted octanol–water partition coefficient (Wildman–Crippen LogP) is 3.28. The summed E-state index contributed by atoms with van der Waals surface area (Å²) in [6.45, 7) is 0.616. The highest BCUT2D eigenvalue weighted by molar-refractivity contribution is 7.80. The molecule has 0 aliphatic carbocycles. The summed E-state index contributed by atoms with van der Waals surface area (Å²) < 4.78 is 5.24. The molecule has 1 aromatic rings. The highest BCUT2D eigenvalue weighted by atomic mass is 35.5. The van der Waals surface area contributed by atoms with Crippen LogP contribution in [-0.4, -0.2) is 17.4 Å². The van der Waals surface area contributed by atoms with Crippen LogP contribution >= 0.6 is 23.8 Å². The van der Waals surface area contributed by atoms with Gasteiger partial charge in [-0.2, -0.15) is 0 Å². The molecule has 4 heteroatoms. The lowest BCUT2D eigenvalue weighted by molar-refractivity contribution is 0.0914. The number of ketones is 1. The molecule has 0 unspecified atom stereocenters. The first-order valence-corrected chi connectivity index (χ1v) is 5.94. The summed E-state index contributed by atoms with van der Waals surface area (Å²) >= 11 is 11.0. The van der Waals surface area contributed by atoms with E-state index in [1.807, 2.05) is 0 Å². The molecule has 16 heavy (non-hydrogen) atoms. The molecule has 2 nitrogen and oxygen atoms in total. The molecule has 1 atom stereocenters. The largest absolute Gasteiger partial charge is 0.486 e. The van der Waals surface area contributed by atoms with E-state index in [0.717, 1.165) is 12.8 Å². The Morgan fingerprint density at radius 2 is 2.19 bits per heavy atom. The van der Waals surface area contributed by atoms with E-state index < -0.39 is 0 Å². The summed E-state index contributed by atoms with van der Waals surface area (Å²) in [7, 11) is 0. The Hall–Kier alpha value is -0.930. The Kier molecular flexibility index (Phi) is 3.56. The lowest BCUT2D eigenvalue weighted by Gasteiger charge is -2.22. The maximum absolute atomic E-state index is 12.2. The fraction of sp³-hybridized carbons (Fsp3) is 0.333. The topological polar surface area (TPSA) is 26.3 Å². The Morgan fingerprint density at radius 1 is 1.44 bits per heavy atom. The van der Waals surface area contributed by atoms with Crippen LogP contribution in [-0.2, 0) is 4.74 Å². The summed E-state index contributed by atoms with van der Waals surface area (Å²) in [5.74, 6) is -0.348. The molecule has 1 heterocycles. The van der Waals surface area contributed by atoms with E-state index in [9.17, 15) is 4.79 Å². The van der Waals surface area contributed by atoms with Crippen LogP contribution < -0.4 is 0 Å². The summed E-state index contributed by atoms with van der Waals surface area (Å²) in [5.41, 5.74) is 0.530. The van der Waals surface area contributed by atoms with E-state index >= 15 is 0 Å². The van der Waals surface area contributed by atoms with E-state index in [0.29, 0.717) is 22.2 Å². The Bertz CT molecular complexity index is 431. The highest BCUT2D eigenvalue weighted by Gasteiger charge is 2.29. The molecule has 1 fully saturated rings. The number of carbonyl (C=O) groups excluding carboxylic acids is 1. The molecule has 1 aliphatic rings. The molecule has 0 N–H and O–H groups in total. The van der Waals surface area contributed by atoms with Crippen LogP contribution in [0.25, 0.3) is 0 Å². The number of carbonyl (C=O) groups is 1. The van der Waals surface area contributed by atoms with Gasteiger partial charge in [0.15, 0.2) is 10.8 Å². The first-order chi connectivity index (χ1) is 7.70. The molecule has 0 radical (unpaired) electrons. The van der Waals surface area contributed by atoms with Crippen LogP contribution in [0, 0.1) is 5.92 Å². The van der Waals surface area contributed by atoms with Gasteiger partial charge in [0.1, 0.15) is 0 Å². The smallest absolute Gasteiger partial charge is 0.175 e. The van der Waals surface area contributed by atoms with Gasteiger partial charge in [0.25, 0.3) is 0 Å². The first kappa shape index (κ1) is 11.6. The van der Waals surface area contributed by atoms with Crippen molar-refractivity contribution in [3.8, 4) is 0 Å². The molecular weight excluding hydrogens is 244 g/mol. The van der Waals surface area contributed by atoms with Gasteiger partial charge in [0, 0.05) is 5.56 Å². The van der Waals surface area contributed by atoms with Crippen LogP contribution in [0.5, 0.6) is 0 Å². The fourth-order valence-electron chi connectivity index (χ4n) is 1.77. The second kappa shape index (κ2) is 4.93. The van der Waals surface area contributed by atoms with E-state index in [-0.39, 0.29) is 11.7 Å². The van der Waals surface area contributed by atoms with Crippen molar-refractivity contribution in [3.05, 3.63) is 34.9 Å². The Morgan fingerprint density at radius 3 is 2.88 bits per heavy atom. The SMILES string of the molecule is O=C(c1ccccc1Cl)[C@@H]1CCCOC1=S. The number of benzene rings is 1. The average Bonchev–Trinajstić information content (AvgIpc) is 2.29. The quantitative estimate of drug-likeness (QED) is 0.599. The third-order valence-corrected chi connectivity index (χ3v) is 3.35. The normalized spacial score (nSPS) is 20.3. The van der Waals surface area contributed by atoms with Gasteiger partial charge in [-0.1, -0.05) is 23.7 Å². The highest BCUT2D eigenvalue weighted by Crippen LogP contribution is 2.25. The number of ether oxygens (including phenoxy) is 1. The van der Waals surface area contributed by atoms with Crippen LogP contribution in [0.15, 0.2) is 24.3 Å². The van der Waals surface area contributed by atoms with Gasteiger partial charge in [0.05, 0.1) is 17.5 Å². The lowest BCUT2D eigenvalue weighted by atomic mass is 9.92. The molecule has 84 valence electrons. The first-order valence-electron chi connectivity index (χ1n) is 5.15. The molecule has 0 bridgehead atoms. The van der Waals surface area contributed by atoms with Crippen molar-refractivity contribution in [3.63, 3.8) is 0 Å². The summed E-state index contributed by atoms with van der Waals surface area (Å²) in [6, 6.07) is 7.03. The number of hydrogen-bond acceptors (Lipinski definition) is 3. The average molecular weight is 255 g/mol. The standard InChI is InChI=1S/C12H11ClO2S/c13-10-6-2-1-4-8(10)11(14)9-5-3-7-15-12(9)16/h1-2,4,6,9H,3,5,7H2/t9-/m0/s1. The zero-order chi connectivity index (χ0) is 11.5. The second-order valence-electron chi connectivity index (χ2n) is 3.71. The minimum atomic E-state index is -0.316. The van der Waals surface area contributed by atoms with Gasteiger partial charge in [0.2, 0.25) is 0 Å². The number of Topliss-reactive ketones (excluding diaryl/α,β-unsaturated/α-hetero) is 1. The molecule has 0 spiro atoms. The molecule has 2 rings (SSSR count). The van der Waals surface area contributed by atoms with Crippen LogP contribution in [0.2, 0.25) is 5.02 Å². The molecule has 0 amide bonds. The second-order valence-corrected chi connectivity index (χ2v) is 4.52. The van der Waals surface area contributed by atoms with E-state index in [2.05, 4.69) is 0 Å². The van der Waals surface area contributed by atoms with E-state index in [1.165, 1.54) is 0 Å². The minimum absolute atomic E-state index is 0.0321. The van der Waals surface area contributed by atoms with E-state index in [4.69, 9.17) is 28.6 Å².